The number of amides is 1. The average molecular weight is 469 g/mol. The molecule has 1 heterocycles. The number of benzene rings is 2. The van der Waals surface area contributed by atoms with Crippen LogP contribution >= 0.6 is 27.7 Å². The Morgan fingerprint density at radius 1 is 1.07 bits per heavy atom. The van der Waals surface area contributed by atoms with Crippen molar-refractivity contribution in [1.82, 2.24) is 4.31 Å². The maximum atomic E-state index is 12.5. The third-order valence-corrected chi connectivity index (χ3v) is 7.87. The molecule has 27 heavy (non-hydrogen) atoms. The molecule has 1 atom stereocenters. The topological polar surface area (TPSA) is 66.5 Å². The predicted octanol–water partition coefficient (Wildman–Crippen LogP) is 4.35. The SMILES string of the molecule is C[C@H](Sc1ccc(Br)cc1)C(=O)Nc1ccc(S(=O)(=O)N2CCCC2)cc1. The van der Waals surface area contributed by atoms with Crippen LogP contribution in [0.3, 0.4) is 0 Å². The first-order chi connectivity index (χ1) is 12.9. The zero-order valence-electron chi connectivity index (χ0n) is 14.9. The fourth-order valence-electron chi connectivity index (χ4n) is 2.80. The molecule has 5 nitrogen and oxygen atoms in total. The molecule has 1 aliphatic heterocycles. The van der Waals surface area contributed by atoms with E-state index in [1.54, 1.807) is 24.3 Å². The first kappa shape index (κ1) is 20.4. The first-order valence-corrected chi connectivity index (χ1v) is 11.8. The molecule has 0 unspecified atom stereocenters. The van der Waals surface area contributed by atoms with Crippen molar-refractivity contribution in [2.75, 3.05) is 18.4 Å². The lowest BCUT2D eigenvalue weighted by Gasteiger charge is -2.16. The lowest BCUT2D eigenvalue weighted by atomic mass is 10.3. The van der Waals surface area contributed by atoms with Gasteiger partial charge in [0.1, 0.15) is 0 Å². The number of nitrogens with one attached hydrogen (secondary N) is 1. The minimum Gasteiger partial charge on any atom is -0.325 e. The molecule has 2 aromatic rings. The van der Waals surface area contributed by atoms with Gasteiger partial charge in [-0.1, -0.05) is 15.9 Å². The normalized spacial score (nSPS) is 16.2. The summed E-state index contributed by atoms with van der Waals surface area (Å²) < 4.78 is 27.6. The van der Waals surface area contributed by atoms with Crippen molar-refractivity contribution in [1.29, 1.82) is 0 Å². The average Bonchev–Trinajstić information content (AvgIpc) is 3.19. The van der Waals surface area contributed by atoms with E-state index in [-0.39, 0.29) is 16.1 Å². The minimum absolute atomic E-state index is 0.127. The molecule has 0 radical (unpaired) electrons. The number of hydrogen-bond acceptors (Lipinski definition) is 4. The highest BCUT2D eigenvalue weighted by atomic mass is 79.9. The Morgan fingerprint density at radius 2 is 1.67 bits per heavy atom. The maximum Gasteiger partial charge on any atom is 0.243 e. The van der Waals surface area contributed by atoms with Crippen molar-refractivity contribution in [3.8, 4) is 0 Å². The molecule has 1 amide bonds. The van der Waals surface area contributed by atoms with Crippen LogP contribution in [0.15, 0.2) is 62.8 Å². The van der Waals surface area contributed by atoms with Gasteiger partial charge in [0, 0.05) is 28.1 Å². The zero-order chi connectivity index (χ0) is 19.4. The van der Waals surface area contributed by atoms with Gasteiger partial charge in [-0.2, -0.15) is 4.31 Å². The Kier molecular flexibility index (Phi) is 6.62. The Bertz CT molecular complexity index is 894. The standard InChI is InChI=1S/C19H21BrN2O3S2/c1-14(26-17-8-4-15(20)5-9-17)19(23)21-16-6-10-18(11-7-16)27(24,25)22-12-2-3-13-22/h4-11,14H,2-3,12-13H2,1H3,(H,21,23)/t14-/m0/s1. The van der Waals surface area contributed by atoms with E-state index in [1.165, 1.54) is 16.1 Å². The molecule has 144 valence electrons. The van der Waals surface area contributed by atoms with Crippen molar-refractivity contribution in [3.63, 3.8) is 0 Å². The van der Waals surface area contributed by atoms with E-state index in [9.17, 15) is 13.2 Å². The van der Waals surface area contributed by atoms with Crippen molar-refractivity contribution in [3.05, 3.63) is 53.0 Å². The van der Waals surface area contributed by atoms with Gasteiger partial charge in [0.2, 0.25) is 15.9 Å². The van der Waals surface area contributed by atoms with E-state index in [0.29, 0.717) is 18.8 Å². The van der Waals surface area contributed by atoms with Gasteiger partial charge in [-0.05, 0) is 68.3 Å². The van der Waals surface area contributed by atoms with E-state index >= 15 is 0 Å². The fraction of sp³-hybridized carbons (Fsp3) is 0.316. The van der Waals surface area contributed by atoms with Gasteiger partial charge in [-0.15, -0.1) is 11.8 Å². The number of rotatable bonds is 6. The van der Waals surface area contributed by atoms with E-state index in [1.807, 2.05) is 31.2 Å². The molecule has 1 aliphatic rings. The molecule has 0 saturated carbocycles. The number of carbonyl (C=O) groups is 1. The lowest BCUT2D eigenvalue weighted by molar-refractivity contribution is -0.115. The molecular weight excluding hydrogens is 448 g/mol. The van der Waals surface area contributed by atoms with Gasteiger partial charge in [0.25, 0.3) is 0 Å². The van der Waals surface area contributed by atoms with Crippen molar-refractivity contribution >= 4 is 49.3 Å². The molecule has 8 heteroatoms. The van der Waals surface area contributed by atoms with Gasteiger partial charge in [0.15, 0.2) is 0 Å². The molecule has 2 aromatic carbocycles. The van der Waals surface area contributed by atoms with Crippen LogP contribution in [0.1, 0.15) is 19.8 Å². The molecule has 0 aliphatic carbocycles. The molecule has 0 bridgehead atoms. The minimum atomic E-state index is -3.43. The molecule has 1 fully saturated rings. The molecule has 1 saturated heterocycles. The van der Waals surface area contributed by atoms with Crippen molar-refractivity contribution in [2.24, 2.45) is 0 Å². The second-order valence-corrected chi connectivity index (χ2v) is 10.6. The van der Waals surface area contributed by atoms with Crippen LogP contribution in [0.2, 0.25) is 0 Å². The number of thioether (sulfide) groups is 1. The van der Waals surface area contributed by atoms with Crippen LogP contribution in [-0.4, -0.2) is 37.0 Å². The quantitative estimate of drug-likeness (QED) is 0.639. The number of sulfonamides is 1. The molecular formula is C19H21BrN2O3S2. The second-order valence-electron chi connectivity index (χ2n) is 6.34. The summed E-state index contributed by atoms with van der Waals surface area (Å²) in [5, 5.41) is 2.57. The highest BCUT2D eigenvalue weighted by Crippen LogP contribution is 2.26. The van der Waals surface area contributed by atoms with Crippen LogP contribution in [0, 0.1) is 0 Å². The summed E-state index contributed by atoms with van der Waals surface area (Å²) in [6, 6.07) is 14.2. The van der Waals surface area contributed by atoms with Gasteiger partial charge >= 0.3 is 0 Å². The van der Waals surface area contributed by atoms with Gasteiger partial charge in [0.05, 0.1) is 10.1 Å². The van der Waals surface area contributed by atoms with Gasteiger partial charge in [-0.3, -0.25) is 4.79 Å². The Morgan fingerprint density at radius 3 is 2.26 bits per heavy atom. The lowest BCUT2D eigenvalue weighted by Crippen LogP contribution is -2.27. The second kappa shape index (κ2) is 8.77. The Balaban J connectivity index is 1.61. The van der Waals surface area contributed by atoms with Crippen molar-refractivity contribution < 1.29 is 13.2 Å². The maximum absolute atomic E-state index is 12.5. The van der Waals surface area contributed by atoms with E-state index in [0.717, 1.165) is 22.2 Å². The number of nitrogens with zero attached hydrogens (tertiary/aromatic N) is 1. The van der Waals surface area contributed by atoms with Crippen LogP contribution in [0.25, 0.3) is 0 Å². The largest absolute Gasteiger partial charge is 0.325 e. The first-order valence-electron chi connectivity index (χ1n) is 8.69. The number of halogens is 1. The fourth-order valence-corrected chi connectivity index (χ4v) is 5.45. The Hall–Kier alpha value is -1.35. The summed E-state index contributed by atoms with van der Waals surface area (Å²) in [4.78, 5) is 13.7. The highest BCUT2D eigenvalue weighted by molar-refractivity contribution is 9.10. The summed E-state index contributed by atoms with van der Waals surface area (Å²) >= 11 is 4.86. The summed E-state index contributed by atoms with van der Waals surface area (Å²) in [6.07, 6.45) is 1.81. The third kappa shape index (κ3) is 5.13. The third-order valence-electron chi connectivity index (χ3n) is 4.32. The van der Waals surface area contributed by atoms with E-state index < -0.39 is 10.0 Å². The van der Waals surface area contributed by atoms with Crippen molar-refractivity contribution in [2.45, 2.75) is 34.8 Å². The number of carbonyl (C=O) groups excluding carboxylic acids is 1. The van der Waals surface area contributed by atoms with Crippen LogP contribution in [0.5, 0.6) is 0 Å². The summed E-state index contributed by atoms with van der Waals surface area (Å²) in [5.74, 6) is -0.127. The van der Waals surface area contributed by atoms with Crippen LogP contribution in [-0.2, 0) is 14.8 Å². The monoisotopic (exact) mass is 468 g/mol. The van der Waals surface area contributed by atoms with Crippen LogP contribution in [0.4, 0.5) is 5.69 Å². The summed E-state index contributed by atoms with van der Waals surface area (Å²) in [7, 11) is -3.43. The molecule has 1 N–H and O–H groups in total. The van der Waals surface area contributed by atoms with E-state index in [4.69, 9.17) is 0 Å². The van der Waals surface area contributed by atoms with E-state index in [2.05, 4.69) is 21.2 Å². The molecule has 0 spiro atoms. The van der Waals surface area contributed by atoms with Crippen LogP contribution < -0.4 is 5.32 Å². The highest BCUT2D eigenvalue weighted by Gasteiger charge is 2.27. The summed E-state index contributed by atoms with van der Waals surface area (Å²) in [5.41, 5.74) is 0.587. The zero-order valence-corrected chi connectivity index (χ0v) is 18.1. The smallest absolute Gasteiger partial charge is 0.243 e. The summed E-state index contributed by atoms with van der Waals surface area (Å²) in [6.45, 7) is 2.99. The molecule has 0 aromatic heterocycles. The number of anilines is 1. The van der Waals surface area contributed by atoms with Gasteiger partial charge < -0.3 is 5.32 Å². The molecule has 3 rings (SSSR count). The Labute approximate surface area is 172 Å². The van der Waals surface area contributed by atoms with Gasteiger partial charge in [-0.25, -0.2) is 8.42 Å². The predicted molar refractivity (Wildman–Crippen MR) is 113 cm³/mol. The number of hydrogen-bond donors (Lipinski definition) is 1.